The van der Waals surface area contributed by atoms with Crippen LogP contribution in [0.4, 0.5) is 0 Å². The summed E-state index contributed by atoms with van der Waals surface area (Å²) in [7, 11) is 0. The highest BCUT2D eigenvalue weighted by Crippen LogP contribution is 2.21. The fraction of sp³-hybridized carbons (Fsp3) is 0.222. The Balaban J connectivity index is 2.89. The van der Waals surface area contributed by atoms with Crippen molar-refractivity contribution in [2.24, 2.45) is 0 Å². The van der Waals surface area contributed by atoms with Crippen LogP contribution in [0.3, 0.4) is 0 Å². The zero-order valence-corrected chi connectivity index (χ0v) is 6.41. The molecule has 0 aliphatic carbocycles. The first-order chi connectivity index (χ1) is 5.22. The predicted octanol–water partition coefficient (Wildman–Crippen LogP) is 2.06. The van der Waals surface area contributed by atoms with Crippen LogP contribution in [0.5, 0.6) is 11.5 Å². The fourth-order valence-corrected chi connectivity index (χ4v) is 0.972. The minimum Gasteiger partial charge on any atom is -0.508 e. The minimum atomic E-state index is 0.102. The number of benzene rings is 1. The zero-order chi connectivity index (χ0) is 8.27. The molecule has 0 bridgehead atoms. The van der Waals surface area contributed by atoms with Gasteiger partial charge in [-0.2, -0.15) is 0 Å². The van der Waals surface area contributed by atoms with Crippen LogP contribution in [0.2, 0.25) is 0 Å². The highest BCUT2D eigenvalue weighted by atomic mass is 16.3. The van der Waals surface area contributed by atoms with E-state index < -0.39 is 0 Å². The van der Waals surface area contributed by atoms with Gasteiger partial charge in [0, 0.05) is 6.07 Å². The number of hydrogen-bond acceptors (Lipinski definition) is 2. The van der Waals surface area contributed by atoms with Crippen molar-refractivity contribution in [3.05, 3.63) is 30.2 Å². The van der Waals surface area contributed by atoms with Crippen molar-refractivity contribution in [1.82, 2.24) is 0 Å². The molecule has 0 aromatic heterocycles. The Morgan fingerprint density at radius 1 is 1.18 bits per heavy atom. The second-order valence-electron chi connectivity index (χ2n) is 2.40. The summed E-state index contributed by atoms with van der Waals surface area (Å²) in [6.45, 7) is 2.00. The van der Waals surface area contributed by atoms with Gasteiger partial charge in [0.05, 0.1) is 0 Å². The van der Waals surface area contributed by atoms with Crippen LogP contribution in [0.25, 0.3) is 0 Å². The second-order valence-corrected chi connectivity index (χ2v) is 2.40. The monoisotopic (exact) mass is 151 g/mol. The Hall–Kier alpha value is -1.18. The van der Waals surface area contributed by atoms with Crippen LogP contribution in [0.15, 0.2) is 18.2 Å². The molecular weight excluding hydrogens is 140 g/mol. The van der Waals surface area contributed by atoms with E-state index in [0.717, 1.165) is 12.0 Å². The molecule has 0 heterocycles. The first-order valence-electron chi connectivity index (χ1n) is 3.58. The highest BCUT2D eigenvalue weighted by molar-refractivity contribution is 5.39. The molecule has 0 atom stereocenters. The molecule has 1 aromatic carbocycles. The van der Waals surface area contributed by atoms with Gasteiger partial charge in [-0.3, -0.25) is 0 Å². The molecule has 2 nitrogen and oxygen atoms in total. The molecule has 0 saturated carbocycles. The molecule has 2 heteroatoms. The van der Waals surface area contributed by atoms with Crippen molar-refractivity contribution in [3.8, 4) is 11.5 Å². The molecule has 2 N–H and O–H groups in total. The topological polar surface area (TPSA) is 40.5 Å². The van der Waals surface area contributed by atoms with Crippen LogP contribution in [-0.2, 0) is 0 Å². The maximum absolute atomic E-state index is 9.04. The first kappa shape index (κ1) is 7.92. The van der Waals surface area contributed by atoms with Crippen LogP contribution in [0.1, 0.15) is 18.9 Å². The molecule has 0 saturated heterocycles. The third kappa shape index (κ3) is 2.15. The summed E-state index contributed by atoms with van der Waals surface area (Å²) in [6.07, 6.45) is 2.82. The summed E-state index contributed by atoms with van der Waals surface area (Å²) in [5.74, 6) is 0.203. The number of rotatable bonds is 2. The fourth-order valence-electron chi connectivity index (χ4n) is 0.972. The van der Waals surface area contributed by atoms with Gasteiger partial charge in [0.15, 0.2) is 0 Å². The van der Waals surface area contributed by atoms with Crippen molar-refractivity contribution in [2.75, 3.05) is 0 Å². The van der Waals surface area contributed by atoms with E-state index in [0.29, 0.717) is 0 Å². The van der Waals surface area contributed by atoms with E-state index in [-0.39, 0.29) is 11.5 Å². The molecule has 0 fully saturated rings. The van der Waals surface area contributed by atoms with Gasteiger partial charge in [0.1, 0.15) is 11.5 Å². The van der Waals surface area contributed by atoms with Crippen molar-refractivity contribution in [1.29, 1.82) is 0 Å². The largest absolute Gasteiger partial charge is 0.508 e. The van der Waals surface area contributed by atoms with E-state index in [1.807, 2.05) is 13.3 Å². The van der Waals surface area contributed by atoms with Gasteiger partial charge in [0.25, 0.3) is 0 Å². The predicted molar refractivity (Wildman–Crippen MR) is 43.5 cm³/mol. The Bertz CT molecular complexity index is 223. The van der Waals surface area contributed by atoms with Gasteiger partial charge in [-0.1, -0.05) is 6.92 Å². The Labute approximate surface area is 66.1 Å². The number of hydrogen-bond donors (Lipinski definition) is 2. The molecule has 0 aliphatic heterocycles. The normalized spacial score (nSPS) is 9.91. The lowest BCUT2D eigenvalue weighted by Crippen LogP contribution is -1.78. The number of phenolic OH excluding ortho intramolecular Hbond substituents is 2. The molecule has 1 rings (SSSR count). The molecule has 0 unspecified atom stereocenters. The molecule has 1 aromatic rings. The van der Waals surface area contributed by atoms with Gasteiger partial charge in [0.2, 0.25) is 0 Å². The molecule has 0 spiro atoms. The molecule has 0 amide bonds. The number of phenols is 2. The van der Waals surface area contributed by atoms with Gasteiger partial charge >= 0.3 is 0 Å². The smallest absolute Gasteiger partial charge is 0.119 e. The van der Waals surface area contributed by atoms with E-state index >= 15 is 0 Å². The summed E-state index contributed by atoms with van der Waals surface area (Å²) >= 11 is 0. The minimum absolute atomic E-state index is 0.102. The van der Waals surface area contributed by atoms with Crippen LogP contribution in [-0.4, -0.2) is 10.2 Å². The van der Waals surface area contributed by atoms with E-state index in [1.165, 1.54) is 6.07 Å². The lowest BCUT2D eigenvalue weighted by atomic mass is 10.1. The molecule has 11 heavy (non-hydrogen) atoms. The van der Waals surface area contributed by atoms with E-state index in [2.05, 4.69) is 0 Å². The SMILES string of the molecule is CC[CH]c1cc(O)cc(O)c1. The number of aromatic hydroxyl groups is 2. The van der Waals surface area contributed by atoms with Gasteiger partial charge < -0.3 is 10.2 Å². The quantitative estimate of drug-likeness (QED) is 0.679. The molecule has 0 aliphatic rings. The Morgan fingerprint density at radius 2 is 1.73 bits per heavy atom. The van der Waals surface area contributed by atoms with Crippen molar-refractivity contribution < 1.29 is 10.2 Å². The van der Waals surface area contributed by atoms with Crippen molar-refractivity contribution in [2.45, 2.75) is 13.3 Å². The molecular formula is C9H11O2. The average molecular weight is 151 g/mol. The average Bonchev–Trinajstić information content (AvgIpc) is 1.85. The van der Waals surface area contributed by atoms with Crippen LogP contribution in [0, 0.1) is 6.42 Å². The van der Waals surface area contributed by atoms with Gasteiger partial charge in [-0.15, -0.1) is 0 Å². The molecule has 1 radical (unpaired) electrons. The summed E-state index contributed by atoms with van der Waals surface area (Å²) < 4.78 is 0. The van der Waals surface area contributed by atoms with Crippen molar-refractivity contribution in [3.63, 3.8) is 0 Å². The van der Waals surface area contributed by atoms with E-state index in [9.17, 15) is 0 Å². The lowest BCUT2D eigenvalue weighted by molar-refractivity contribution is 0.450. The standard InChI is InChI=1S/C9H11O2/c1-2-3-7-4-8(10)6-9(11)5-7/h3-6,10-11H,2H2,1H3. The Kier molecular flexibility index (Phi) is 2.36. The second kappa shape index (κ2) is 3.28. The maximum atomic E-state index is 9.04. The Morgan fingerprint density at radius 3 is 2.18 bits per heavy atom. The van der Waals surface area contributed by atoms with Gasteiger partial charge in [-0.25, -0.2) is 0 Å². The summed E-state index contributed by atoms with van der Waals surface area (Å²) in [5.41, 5.74) is 0.852. The summed E-state index contributed by atoms with van der Waals surface area (Å²) in [4.78, 5) is 0. The summed E-state index contributed by atoms with van der Waals surface area (Å²) in [5, 5.41) is 18.1. The third-order valence-corrected chi connectivity index (χ3v) is 1.36. The van der Waals surface area contributed by atoms with E-state index in [4.69, 9.17) is 10.2 Å². The highest BCUT2D eigenvalue weighted by Gasteiger charge is 1.97. The summed E-state index contributed by atoms with van der Waals surface area (Å²) in [6, 6.07) is 4.54. The van der Waals surface area contributed by atoms with Crippen LogP contribution >= 0.6 is 0 Å². The lowest BCUT2D eigenvalue weighted by Gasteiger charge is -1.99. The maximum Gasteiger partial charge on any atom is 0.119 e. The zero-order valence-electron chi connectivity index (χ0n) is 6.41. The first-order valence-corrected chi connectivity index (χ1v) is 3.58. The van der Waals surface area contributed by atoms with Crippen molar-refractivity contribution >= 4 is 0 Å². The third-order valence-electron chi connectivity index (χ3n) is 1.36. The van der Waals surface area contributed by atoms with Crippen LogP contribution < -0.4 is 0 Å². The van der Waals surface area contributed by atoms with E-state index in [1.54, 1.807) is 12.1 Å². The van der Waals surface area contributed by atoms with Gasteiger partial charge in [-0.05, 0) is 30.5 Å². The molecule has 59 valence electrons.